The van der Waals surface area contributed by atoms with E-state index in [4.69, 9.17) is 14.5 Å². The fraction of sp³-hybridized carbons (Fsp3) is 0.571. The van der Waals surface area contributed by atoms with Crippen molar-refractivity contribution in [1.82, 2.24) is 24.6 Å². The molecule has 38 heavy (non-hydrogen) atoms. The van der Waals surface area contributed by atoms with Crippen LogP contribution in [0.3, 0.4) is 0 Å². The van der Waals surface area contributed by atoms with Gasteiger partial charge >= 0.3 is 6.09 Å². The summed E-state index contributed by atoms with van der Waals surface area (Å²) < 4.78 is 12.9. The van der Waals surface area contributed by atoms with Crippen molar-refractivity contribution in [2.45, 2.75) is 71.4 Å². The van der Waals surface area contributed by atoms with Crippen molar-refractivity contribution in [3.63, 3.8) is 0 Å². The number of aromatic amines is 1. The second kappa shape index (κ2) is 10.3. The number of rotatable bonds is 4. The molecule has 0 unspecified atom stereocenters. The van der Waals surface area contributed by atoms with E-state index in [1.165, 1.54) is 6.42 Å². The quantitative estimate of drug-likeness (QED) is 0.531. The number of H-pyrrole nitrogens is 1. The number of carbonyl (C=O) groups is 1. The average Bonchev–Trinajstić information content (AvgIpc) is 3.36. The number of methoxy groups -OCH3 is 1. The lowest BCUT2D eigenvalue weighted by molar-refractivity contribution is 0.0240. The van der Waals surface area contributed by atoms with Crippen molar-refractivity contribution in [3.05, 3.63) is 34.2 Å². The van der Waals surface area contributed by atoms with E-state index in [1.54, 1.807) is 16.7 Å². The summed E-state index contributed by atoms with van der Waals surface area (Å²) in [5.74, 6) is 1.25. The number of aryl methyl sites for hydroxylation is 1. The Morgan fingerprint density at radius 2 is 1.79 bits per heavy atom. The summed E-state index contributed by atoms with van der Waals surface area (Å²) in [6.07, 6.45) is 5.17. The van der Waals surface area contributed by atoms with Gasteiger partial charge in [-0.3, -0.25) is 4.79 Å². The third kappa shape index (κ3) is 5.21. The largest absolute Gasteiger partial charge is 0.496 e. The first-order chi connectivity index (χ1) is 18.1. The van der Waals surface area contributed by atoms with Gasteiger partial charge in [-0.15, -0.1) is 0 Å². The molecule has 1 amide bonds. The van der Waals surface area contributed by atoms with Gasteiger partial charge in [0.2, 0.25) is 0 Å². The predicted molar refractivity (Wildman–Crippen MR) is 147 cm³/mol. The molecular formula is C28H38N6O4. The molecule has 0 bridgehead atoms. The van der Waals surface area contributed by atoms with Crippen LogP contribution in [0.5, 0.6) is 5.75 Å². The molecular weight excluding hydrogens is 484 g/mol. The van der Waals surface area contributed by atoms with Crippen molar-refractivity contribution in [3.8, 4) is 17.1 Å². The van der Waals surface area contributed by atoms with E-state index >= 15 is 0 Å². The van der Waals surface area contributed by atoms with Crippen LogP contribution in [0.15, 0.2) is 23.0 Å². The van der Waals surface area contributed by atoms with Gasteiger partial charge in [0.25, 0.3) is 5.56 Å². The zero-order valence-corrected chi connectivity index (χ0v) is 23.0. The topological polar surface area (TPSA) is 106 Å². The number of hydrogen-bond donors (Lipinski definition) is 1. The van der Waals surface area contributed by atoms with Crippen molar-refractivity contribution in [1.29, 1.82) is 0 Å². The number of amides is 1. The first kappa shape index (κ1) is 26.1. The van der Waals surface area contributed by atoms with Gasteiger partial charge < -0.3 is 24.3 Å². The Labute approximate surface area is 222 Å². The second-order valence-electron chi connectivity index (χ2n) is 11.3. The van der Waals surface area contributed by atoms with Crippen molar-refractivity contribution in [2.75, 3.05) is 38.2 Å². The number of nitrogens with one attached hydrogen (secondary N) is 1. The van der Waals surface area contributed by atoms with Gasteiger partial charge in [-0.25, -0.2) is 14.5 Å². The summed E-state index contributed by atoms with van der Waals surface area (Å²) in [5.41, 5.74) is 2.99. The maximum Gasteiger partial charge on any atom is 0.410 e. The molecule has 1 saturated carbocycles. The highest BCUT2D eigenvalue weighted by Gasteiger charge is 2.27. The molecule has 1 aliphatic carbocycles. The minimum atomic E-state index is -0.508. The van der Waals surface area contributed by atoms with E-state index in [9.17, 15) is 9.59 Å². The lowest BCUT2D eigenvalue weighted by Crippen LogP contribution is -2.50. The van der Waals surface area contributed by atoms with Crippen LogP contribution in [-0.2, 0) is 4.74 Å². The number of nitrogens with zero attached hydrogens (tertiary/aromatic N) is 5. The molecule has 0 radical (unpaired) electrons. The van der Waals surface area contributed by atoms with Crippen LogP contribution in [0.1, 0.15) is 64.6 Å². The molecule has 2 aliphatic rings. The highest BCUT2D eigenvalue weighted by molar-refractivity contribution is 5.82. The van der Waals surface area contributed by atoms with Crippen LogP contribution in [0.4, 0.5) is 10.5 Å². The van der Waals surface area contributed by atoms with Crippen molar-refractivity contribution in [2.24, 2.45) is 0 Å². The third-order valence-corrected chi connectivity index (χ3v) is 7.38. The van der Waals surface area contributed by atoms with Gasteiger partial charge in [0, 0.05) is 37.9 Å². The van der Waals surface area contributed by atoms with Crippen molar-refractivity contribution >= 4 is 22.8 Å². The van der Waals surface area contributed by atoms with Crippen LogP contribution in [0, 0.1) is 6.92 Å². The highest BCUT2D eigenvalue weighted by atomic mass is 16.6. The standard InChI is InChI=1S/C28H38N6O4/c1-18-23-24(26(35)34(31-18)19-9-7-6-8-10-19)30-25(29-23)21-12-11-20(17-22(21)37-5)32-13-15-33(16-14-32)27(36)38-28(2,3)4/h11-12,17,19H,6-10,13-16H2,1-5H3,(H,29,30). The van der Waals surface area contributed by atoms with Crippen LogP contribution >= 0.6 is 0 Å². The zero-order chi connectivity index (χ0) is 27.0. The third-order valence-electron chi connectivity index (χ3n) is 7.38. The van der Waals surface area contributed by atoms with E-state index in [0.717, 1.165) is 42.6 Å². The molecule has 10 heteroatoms. The number of piperazine rings is 1. The van der Waals surface area contributed by atoms with Gasteiger partial charge in [0.15, 0.2) is 0 Å². The number of ether oxygens (including phenoxy) is 2. The number of benzene rings is 1. The number of hydrogen-bond acceptors (Lipinski definition) is 7. The minimum absolute atomic E-state index is 0.116. The average molecular weight is 523 g/mol. The molecule has 0 spiro atoms. The molecule has 3 heterocycles. The first-order valence-corrected chi connectivity index (χ1v) is 13.5. The monoisotopic (exact) mass is 522 g/mol. The highest BCUT2D eigenvalue weighted by Crippen LogP contribution is 2.34. The maximum absolute atomic E-state index is 13.3. The van der Waals surface area contributed by atoms with Crippen LogP contribution in [0.2, 0.25) is 0 Å². The van der Waals surface area contributed by atoms with E-state index in [1.807, 2.05) is 45.9 Å². The van der Waals surface area contributed by atoms with Gasteiger partial charge in [-0.2, -0.15) is 5.10 Å². The van der Waals surface area contributed by atoms with Crippen molar-refractivity contribution < 1.29 is 14.3 Å². The summed E-state index contributed by atoms with van der Waals surface area (Å²) >= 11 is 0. The summed E-state index contributed by atoms with van der Waals surface area (Å²) in [5, 5.41) is 4.63. The molecule has 3 aromatic rings. The molecule has 1 N–H and O–H groups in total. The number of aromatic nitrogens is 4. The predicted octanol–water partition coefficient (Wildman–Crippen LogP) is 4.67. The van der Waals surface area contributed by atoms with E-state index in [2.05, 4.69) is 15.0 Å². The van der Waals surface area contributed by atoms with E-state index in [-0.39, 0.29) is 17.7 Å². The Balaban J connectivity index is 1.38. The maximum atomic E-state index is 13.3. The Kier molecular flexibility index (Phi) is 7.07. The number of imidazole rings is 1. The summed E-state index contributed by atoms with van der Waals surface area (Å²) in [6, 6.07) is 6.13. The summed E-state index contributed by atoms with van der Waals surface area (Å²) in [7, 11) is 1.63. The Morgan fingerprint density at radius 1 is 1.08 bits per heavy atom. The molecule has 5 rings (SSSR count). The number of carbonyl (C=O) groups excluding carboxylic acids is 1. The number of fused-ring (bicyclic) bond motifs is 1. The molecule has 1 saturated heterocycles. The SMILES string of the molecule is COc1cc(N2CCN(C(=O)OC(C)(C)C)CC2)ccc1-c1nc2c(C)nn(C3CCCCC3)c(=O)c2[nH]1. The molecule has 0 atom stereocenters. The zero-order valence-electron chi connectivity index (χ0n) is 23.0. The van der Waals surface area contributed by atoms with Gasteiger partial charge in [-0.05, 0) is 52.7 Å². The fourth-order valence-electron chi connectivity index (χ4n) is 5.41. The second-order valence-corrected chi connectivity index (χ2v) is 11.3. The normalized spacial score (nSPS) is 17.2. The smallest absolute Gasteiger partial charge is 0.410 e. The van der Waals surface area contributed by atoms with Crippen LogP contribution in [0.25, 0.3) is 22.4 Å². The Hall–Kier alpha value is -3.56. The minimum Gasteiger partial charge on any atom is -0.496 e. The van der Waals surface area contributed by atoms with Gasteiger partial charge in [0.1, 0.15) is 28.2 Å². The fourth-order valence-corrected chi connectivity index (χ4v) is 5.41. The molecule has 1 aliphatic heterocycles. The molecule has 10 nitrogen and oxygen atoms in total. The summed E-state index contributed by atoms with van der Waals surface area (Å²) in [4.78, 5) is 37.8. The molecule has 2 aromatic heterocycles. The molecule has 2 fully saturated rings. The van der Waals surface area contributed by atoms with E-state index < -0.39 is 5.60 Å². The van der Waals surface area contributed by atoms with E-state index in [0.29, 0.717) is 48.8 Å². The van der Waals surface area contributed by atoms with Gasteiger partial charge in [-0.1, -0.05) is 19.3 Å². The lowest BCUT2D eigenvalue weighted by Gasteiger charge is -2.36. The Bertz CT molecular complexity index is 1370. The van der Waals surface area contributed by atoms with Crippen LogP contribution < -0.4 is 15.2 Å². The Morgan fingerprint density at radius 3 is 2.45 bits per heavy atom. The molecule has 204 valence electrons. The summed E-state index contributed by atoms with van der Waals surface area (Å²) in [6.45, 7) is 10.1. The number of anilines is 1. The molecule has 1 aromatic carbocycles. The van der Waals surface area contributed by atoms with Crippen LogP contribution in [-0.4, -0.2) is 69.6 Å². The van der Waals surface area contributed by atoms with Gasteiger partial charge in [0.05, 0.1) is 24.4 Å². The lowest BCUT2D eigenvalue weighted by atomic mass is 9.95. The first-order valence-electron chi connectivity index (χ1n) is 13.5.